The Balaban J connectivity index is 1.82. The summed E-state index contributed by atoms with van der Waals surface area (Å²) in [4.78, 5) is 12.0. The molecule has 5 heteroatoms. The molecule has 1 N–H and O–H groups in total. The van der Waals surface area contributed by atoms with E-state index >= 15 is 0 Å². The van der Waals surface area contributed by atoms with Crippen molar-refractivity contribution in [1.29, 1.82) is 0 Å². The van der Waals surface area contributed by atoms with Gasteiger partial charge < -0.3 is 5.32 Å². The Morgan fingerprint density at radius 1 is 1.67 bits per heavy atom. The van der Waals surface area contributed by atoms with Crippen LogP contribution in [0.2, 0.25) is 0 Å². The van der Waals surface area contributed by atoms with Crippen LogP contribution in [0.1, 0.15) is 32.0 Å². The average molecular weight is 267 g/mol. The number of Topliss-reactive ketones (excluding diaryl/α,β-unsaturated/α-hetero) is 1. The summed E-state index contributed by atoms with van der Waals surface area (Å²) in [6.07, 6.45) is 3.03. The van der Waals surface area contributed by atoms with Crippen molar-refractivity contribution >= 4 is 17.5 Å². The summed E-state index contributed by atoms with van der Waals surface area (Å²) >= 11 is 1.92. The Kier molecular flexibility index (Phi) is 4.83. The SMILES string of the molecule is CC(C)n1ccc(CC(=O)CC2CSCCN2)n1. The predicted octanol–water partition coefficient (Wildman–Crippen LogP) is 1.67. The summed E-state index contributed by atoms with van der Waals surface area (Å²) in [6, 6.07) is 2.65. The number of aromatic nitrogens is 2. The van der Waals surface area contributed by atoms with Gasteiger partial charge in [-0.3, -0.25) is 9.48 Å². The van der Waals surface area contributed by atoms with Crippen molar-refractivity contribution < 1.29 is 4.79 Å². The molecule has 1 aliphatic heterocycles. The molecule has 0 spiro atoms. The molecular weight excluding hydrogens is 246 g/mol. The highest BCUT2D eigenvalue weighted by molar-refractivity contribution is 7.99. The van der Waals surface area contributed by atoms with Crippen molar-refractivity contribution in [1.82, 2.24) is 15.1 Å². The zero-order chi connectivity index (χ0) is 13.0. The summed E-state index contributed by atoms with van der Waals surface area (Å²) in [5.74, 6) is 2.49. The quantitative estimate of drug-likeness (QED) is 0.881. The maximum Gasteiger partial charge on any atom is 0.140 e. The Labute approximate surface area is 113 Å². The van der Waals surface area contributed by atoms with Gasteiger partial charge in [0.1, 0.15) is 5.78 Å². The first-order valence-electron chi connectivity index (χ1n) is 6.52. The molecule has 1 fully saturated rings. The van der Waals surface area contributed by atoms with Crippen LogP contribution in [-0.2, 0) is 11.2 Å². The zero-order valence-corrected chi connectivity index (χ0v) is 11.9. The highest BCUT2D eigenvalue weighted by atomic mass is 32.2. The molecule has 0 bridgehead atoms. The van der Waals surface area contributed by atoms with E-state index < -0.39 is 0 Å². The van der Waals surface area contributed by atoms with E-state index in [0.717, 1.165) is 23.7 Å². The molecule has 1 aromatic heterocycles. The van der Waals surface area contributed by atoms with E-state index in [1.165, 1.54) is 0 Å². The molecule has 0 aliphatic carbocycles. The molecule has 1 saturated heterocycles. The molecule has 2 rings (SSSR count). The summed E-state index contributed by atoms with van der Waals surface area (Å²) in [6.45, 7) is 5.19. The third kappa shape index (κ3) is 3.85. The monoisotopic (exact) mass is 267 g/mol. The normalized spacial score (nSPS) is 20.3. The maximum absolute atomic E-state index is 12.0. The first-order valence-corrected chi connectivity index (χ1v) is 7.67. The van der Waals surface area contributed by atoms with Crippen LogP contribution in [0.15, 0.2) is 12.3 Å². The number of carbonyl (C=O) groups is 1. The van der Waals surface area contributed by atoms with E-state index in [-0.39, 0.29) is 5.78 Å². The van der Waals surface area contributed by atoms with Crippen LogP contribution in [0.4, 0.5) is 0 Å². The Morgan fingerprint density at radius 2 is 2.50 bits per heavy atom. The molecular formula is C13H21N3OS. The molecule has 2 heterocycles. The van der Waals surface area contributed by atoms with Gasteiger partial charge in [-0.15, -0.1) is 0 Å². The summed E-state index contributed by atoms with van der Waals surface area (Å²) in [7, 11) is 0. The molecule has 0 radical (unpaired) electrons. The van der Waals surface area contributed by atoms with Crippen molar-refractivity contribution in [2.75, 3.05) is 18.1 Å². The van der Waals surface area contributed by atoms with Crippen LogP contribution in [0.5, 0.6) is 0 Å². The largest absolute Gasteiger partial charge is 0.312 e. The molecule has 1 aliphatic rings. The van der Waals surface area contributed by atoms with Gasteiger partial charge in [0.2, 0.25) is 0 Å². The van der Waals surface area contributed by atoms with Crippen LogP contribution in [-0.4, -0.2) is 39.7 Å². The second kappa shape index (κ2) is 6.38. The lowest BCUT2D eigenvalue weighted by Crippen LogP contribution is -2.39. The van der Waals surface area contributed by atoms with Crippen LogP contribution >= 0.6 is 11.8 Å². The smallest absolute Gasteiger partial charge is 0.140 e. The number of rotatable bonds is 5. The third-order valence-electron chi connectivity index (χ3n) is 3.04. The van der Waals surface area contributed by atoms with E-state index in [1.54, 1.807) is 0 Å². The Morgan fingerprint density at radius 3 is 3.11 bits per heavy atom. The number of nitrogens with zero attached hydrogens (tertiary/aromatic N) is 2. The van der Waals surface area contributed by atoms with Crippen molar-refractivity contribution in [3.63, 3.8) is 0 Å². The number of hydrogen-bond acceptors (Lipinski definition) is 4. The van der Waals surface area contributed by atoms with E-state index in [0.29, 0.717) is 24.9 Å². The van der Waals surface area contributed by atoms with Gasteiger partial charge in [0.25, 0.3) is 0 Å². The van der Waals surface area contributed by atoms with Crippen LogP contribution in [0, 0.1) is 0 Å². The highest BCUT2D eigenvalue weighted by Crippen LogP contribution is 2.12. The Bertz CT molecular complexity index is 397. The lowest BCUT2D eigenvalue weighted by atomic mass is 10.1. The lowest BCUT2D eigenvalue weighted by Gasteiger charge is -2.22. The fraction of sp³-hybridized carbons (Fsp3) is 0.692. The van der Waals surface area contributed by atoms with Crippen molar-refractivity contribution in [3.05, 3.63) is 18.0 Å². The molecule has 0 saturated carbocycles. The van der Waals surface area contributed by atoms with Crippen molar-refractivity contribution in [3.8, 4) is 0 Å². The van der Waals surface area contributed by atoms with Gasteiger partial charge in [-0.2, -0.15) is 16.9 Å². The number of thioether (sulfide) groups is 1. The fourth-order valence-corrected chi connectivity index (χ4v) is 3.01. The zero-order valence-electron chi connectivity index (χ0n) is 11.1. The third-order valence-corrected chi connectivity index (χ3v) is 4.17. The summed E-state index contributed by atoms with van der Waals surface area (Å²) in [5.41, 5.74) is 0.886. The van der Waals surface area contributed by atoms with Gasteiger partial charge in [0, 0.05) is 42.8 Å². The van der Waals surface area contributed by atoms with Crippen LogP contribution < -0.4 is 5.32 Å². The second-order valence-corrected chi connectivity index (χ2v) is 6.18. The minimum absolute atomic E-state index is 0.281. The minimum Gasteiger partial charge on any atom is -0.312 e. The molecule has 1 aromatic rings. The van der Waals surface area contributed by atoms with Crippen LogP contribution in [0.25, 0.3) is 0 Å². The molecule has 0 aromatic carbocycles. The van der Waals surface area contributed by atoms with E-state index in [4.69, 9.17) is 0 Å². The summed E-state index contributed by atoms with van der Waals surface area (Å²) in [5, 5.41) is 7.80. The first kappa shape index (κ1) is 13.6. The molecule has 18 heavy (non-hydrogen) atoms. The van der Waals surface area contributed by atoms with Gasteiger partial charge >= 0.3 is 0 Å². The van der Waals surface area contributed by atoms with E-state index in [1.807, 2.05) is 28.7 Å². The molecule has 0 amide bonds. The number of hydrogen-bond donors (Lipinski definition) is 1. The lowest BCUT2D eigenvalue weighted by molar-refractivity contribution is -0.118. The first-order chi connectivity index (χ1) is 8.65. The molecule has 100 valence electrons. The molecule has 1 unspecified atom stereocenters. The van der Waals surface area contributed by atoms with Crippen molar-refractivity contribution in [2.24, 2.45) is 0 Å². The molecule has 4 nitrogen and oxygen atoms in total. The number of nitrogens with one attached hydrogen (secondary N) is 1. The van der Waals surface area contributed by atoms with Crippen LogP contribution in [0.3, 0.4) is 0 Å². The summed E-state index contributed by atoms with van der Waals surface area (Å²) < 4.78 is 1.90. The van der Waals surface area contributed by atoms with Gasteiger partial charge in [-0.1, -0.05) is 0 Å². The molecule has 1 atom stereocenters. The predicted molar refractivity (Wildman–Crippen MR) is 75.1 cm³/mol. The second-order valence-electron chi connectivity index (χ2n) is 5.03. The minimum atomic E-state index is 0.281. The maximum atomic E-state index is 12.0. The standard InChI is InChI=1S/C13H21N3OS/c1-10(2)16-5-3-11(15-16)7-13(17)8-12-9-18-6-4-14-12/h3,5,10,12,14H,4,6-9H2,1-2H3. The number of ketones is 1. The van der Waals surface area contributed by atoms with Crippen molar-refractivity contribution in [2.45, 2.75) is 38.8 Å². The van der Waals surface area contributed by atoms with E-state index in [9.17, 15) is 4.79 Å². The average Bonchev–Trinajstić information content (AvgIpc) is 2.78. The topological polar surface area (TPSA) is 46.9 Å². The van der Waals surface area contributed by atoms with Gasteiger partial charge in [0.05, 0.1) is 12.1 Å². The van der Waals surface area contributed by atoms with E-state index in [2.05, 4.69) is 24.3 Å². The van der Waals surface area contributed by atoms with Gasteiger partial charge in [-0.05, 0) is 19.9 Å². The number of carbonyl (C=O) groups excluding carboxylic acids is 1. The highest BCUT2D eigenvalue weighted by Gasteiger charge is 2.17. The Hall–Kier alpha value is -0.810. The van der Waals surface area contributed by atoms with Gasteiger partial charge in [0.15, 0.2) is 0 Å². The fourth-order valence-electron chi connectivity index (χ4n) is 2.06. The van der Waals surface area contributed by atoms with Gasteiger partial charge in [-0.25, -0.2) is 0 Å².